The first kappa shape index (κ1) is 40.0. The summed E-state index contributed by atoms with van der Waals surface area (Å²) in [5, 5.41) is 10.4. The second-order valence-corrected chi connectivity index (χ2v) is 21.0. The topological polar surface area (TPSA) is 8.17 Å². The van der Waals surface area contributed by atoms with Crippen molar-refractivity contribution in [3.63, 3.8) is 0 Å². The molecule has 0 saturated heterocycles. The van der Waals surface area contributed by atoms with E-state index in [1.54, 1.807) is 0 Å². The van der Waals surface area contributed by atoms with Gasteiger partial charge in [0, 0.05) is 33.2 Å². The van der Waals surface area contributed by atoms with Crippen molar-refractivity contribution in [2.45, 2.75) is 0 Å². The lowest BCUT2D eigenvalue weighted by Gasteiger charge is -2.34. The molecule has 0 atom stereocenters. The van der Waals surface area contributed by atoms with E-state index >= 15 is 0 Å². The normalized spacial score (nSPS) is 11.6. The fourth-order valence-corrected chi connectivity index (χ4v) is 15.3. The Bertz CT molecular complexity index is 3490. The zero-order valence-corrected chi connectivity index (χ0v) is 38.0. The number of anilines is 3. The molecule has 67 heavy (non-hydrogen) atoms. The number of aromatic nitrogens is 1. The predicted octanol–water partition coefficient (Wildman–Crippen LogP) is 14.1. The summed E-state index contributed by atoms with van der Waals surface area (Å²) in [5.41, 5.74) is 11.6. The van der Waals surface area contributed by atoms with E-state index in [0.717, 1.165) is 22.7 Å². The summed E-state index contributed by atoms with van der Waals surface area (Å²) in [5.74, 6) is 0. The molecule has 11 aromatic carbocycles. The third-order valence-electron chi connectivity index (χ3n) is 13.6. The van der Waals surface area contributed by atoms with Crippen molar-refractivity contribution in [3.8, 4) is 27.9 Å². The highest BCUT2D eigenvalue weighted by Gasteiger charge is 2.41. The molecular weight excluding hydrogens is 825 g/mol. The number of benzene rings is 11. The highest BCUT2D eigenvalue weighted by molar-refractivity contribution is 7.19. The molecule has 0 saturated carbocycles. The Labute approximate surface area is 392 Å². The van der Waals surface area contributed by atoms with E-state index in [1.165, 1.54) is 75.6 Å². The molecule has 0 aliphatic carbocycles. The van der Waals surface area contributed by atoms with Crippen LogP contribution in [0.2, 0.25) is 0 Å². The second-order valence-electron chi connectivity index (χ2n) is 17.2. The van der Waals surface area contributed by atoms with Crippen LogP contribution in [-0.4, -0.2) is 12.6 Å². The van der Waals surface area contributed by atoms with Gasteiger partial charge in [0.2, 0.25) is 0 Å². The van der Waals surface area contributed by atoms with Crippen molar-refractivity contribution in [2.24, 2.45) is 0 Å². The minimum Gasteiger partial charge on any atom is -0.310 e. The Balaban J connectivity index is 0.988. The van der Waals surface area contributed by atoms with Crippen LogP contribution in [0.5, 0.6) is 0 Å². The van der Waals surface area contributed by atoms with Crippen molar-refractivity contribution in [2.75, 3.05) is 4.90 Å². The van der Waals surface area contributed by atoms with E-state index in [0.29, 0.717) is 0 Å². The second kappa shape index (κ2) is 17.1. The molecular formula is C64H46N2Si. The molecule has 0 spiro atoms. The number of nitrogens with zero attached hydrogens (tertiary/aromatic N) is 2. The molecule has 3 heteroatoms. The van der Waals surface area contributed by atoms with Gasteiger partial charge in [0.25, 0.3) is 0 Å². The average molecular weight is 871 g/mol. The molecule has 12 aromatic rings. The van der Waals surface area contributed by atoms with Crippen LogP contribution < -0.4 is 25.6 Å². The Morgan fingerprint density at radius 1 is 0.269 bits per heavy atom. The van der Waals surface area contributed by atoms with E-state index in [1.807, 2.05) is 0 Å². The molecule has 0 bridgehead atoms. The first-order valence-corrected chi connectivity index (χ1v) is 25.1. The number of fused-ring (bicyclic) bond motifs is 4. The minimum absolute atomic E-state index is 1.09. The molecule has 2 nitrogen and oxygen atoms in total. The molecule has 0 radical (unpaired) electrons. The zero-order valence-electron chi connectivity index (χ0n) is 37.0. The van der Waals surface area contributed by atoms with Gasteiger partial charge in [0.15, 0.2) is 8.07 Å². The first-order valence-electron chi connectivity index (χ1n) is 23.1. The summed E-state index contributed by atoms with van der Waals surface area (Å²) >= 11 is 0. The summed E-state index contributed by atoms with van der Waals surface area (Å²) in [7, 11) is -2.66. The van der Waals surface area contributed by atoms with Gasteiger partial charge in [-0.2, -0.15) is 0 Å². The molecule has 0 amide bonds. The van der Waals surface area contributed by atoms with Crippen LogP contribution in [0.1, 0.15) is 0 Å². The van der Waals surface area contributed by atoms with Crippen molar-refractivity contribution in [3.05, 3.63) is 279 Å². The lowest BCUT2D eigenvalue weighted by molar-refractivity contribution is 1.17. The molecule has 0 N–H and O–H groups in total. The van der Waals surface area contributed by atoms with Crippen LogP contribution >= 0.6 is 0 Å². The Morgan fingerprint density at radius 3 is 1.18 bits per heavy atom. The molecule has 0 fully saturated rings. The fraction of sp³-hybridized carbons (Fsp3) is 0. The first-order chi connectivity index (χ1) is 33.3. The van der Waals surface area contributed by atoms with Gasteiger partial charge >= 0.3 is 0 Å². The van der Waals surface area contributed by atoms with Crippen LogP contribution in [0.4, 0.5) is 17.1 Å². The molecule has 0 aliphatic heterocycles. The summed E-state index contributed by atoms with van der Waals surface area (Å²) in [6.07, 6.45) is 0. The van der Waals surface area contributed by atoms with Crippen molar-refractivity contribution < 1.29 is 0 Å². The summed E-state index contributed by atoms with van der Waals surface area (Å²) < 4.78 is 2.38. The van der Waals surface area contributed by atoms with Gasteiger partial charge in [0.05, 0.1) is 16.7 Å². The minimum atomic E-state index is -2.66. The molecule has 316 valence electrons. The third kappa shape index (κ3) is 6.96. The van der Waals surface area contributed by atoms with Gasteiger partial charge in [-0.15, -0.1) is 0 Å². The fourth-order valence-electron chi connectivity index (χ4n) is 10.5. The van der Waals surface area contributed by atoms with E-state index in [-0.39, 0.29) is 0 Å². The quantitative estimate of drug-likeness (QED) is 0.0982. The van der Waals surface area contributed by atoms with Crippen LogP contribution in [0.15, 0.2) is 279 Å². The Hall–Kier alpha value is -8.50. The monoisotopic (exact) mass is 870 g/mol. The highest BCUT2D eigenvalue weighted by Crippen LogP contribution is 2.43. The Morgan fingerprint density at radius 2 is 0.657 bits per heavy atom. The van der Waals surface area contributed by atoms with Crippen molar-refractivity contribution in [1.29, 1.82) is 0 Å². The van der Waals surface area contributed by atoms with Crippen molar-refractivity contribution in [1.82, 2.24) is 4.57 Å². The van der Waals surface area contributed by atoms with Crippen LogP contribution in [-0.2, 0) is 0 Å². The lowest BCUT2D eigenvalue weighted by Crippen LogP contribution is -2.74. The van der Waals surface area contributed by atoms with Gasteiger partial charge in [0.1, 0.15) is 0 Å². The Kier molecular flexibility index (Phi) is 10.2. The average Bonchev–Trinajstić information content (AvgIpc) is 3.75. The van der Waals surface area contributed by atoms with Gasteiger partial charge in [-0.25, -0.2) is 0 Å². The van der Waals surface area contributed by atoms with Gasteiger partial charge in [-0.05, 0) is 103 Å². The highest BCUT2D eigenvalue weighted by atomic mass is 28.3. The van der Waals surface area contributed by atoms with Gasteiger partial charge < -0.3 is 9.47 Å². The van der Waals surface area contributed by atoms with E-state index in [2.05, 4.69) is 289 Å². The molecule has 1 heterocycles. The van der Waals surface area contributed by atoms with Crippen LogP contribution in [0.3, 0.4) is 0 Å². The number of hydrogen-bond donors (Lipinski definition) is 0. The maximum atomic E-state index is 2.42. The van der Waals surface area contributed by atoms with Gasteiger partial charge in [-0.3, -0.25) is 0 Å². The zero-order chi connectivity index (χ0) is 44.6. The van der Waals surface area contributed by atoms with E-state index < -0.39 is 8.07 Å². The smallest absolute Gasteiger partial charge is 0.179 e. The van der Waals surface area contributed by atoms with Crippen LogP contribution in [0.25, 0.3) is 60.5 Å². The number of para-hydroxylation sites is 2. The molecule has 0 aliphatic rings. The summed E-state index contributed by atoms with van der Waals surface area (Å²) in [6.45, 7) is 0. The maximum absolute atomic E-state index is 2.66. The largest absolute Gasteiger partial charge is 0.310 e. The maximum Gasteiger partial charge on any atom is 0.179 e. The van der Waals surface area contributed by atoms with E-state index in [4.69, 9.17) is 0 Å². The summed E-state index contributed by atoms with van der Waals surface area (Å²) in [4.78, 5) is 2.42. The number of rotatable bonds is 10. The third-order valence-corrected chi connectivity index (χ3v) is 18.4. The molecule has 0 unspecified atom stereocenters. The van der Waals surface area contributed by atoms with Crippen LogP contribution in [0, 0.1) is 0 Å². The summed E-state index contributed by atoms with van der Waals surface area (Å²) in [6, 6.07) is 103. The predicted molar refractivity (Wildman–Crippen MR) is 287 cm³/mol. The lowest BCUT2D eigenvalue weighted by atomic mass is 9.96. The molecule has 12 rings (SSSR count). The van der Waals surface area contributed by atoms with E-state index in [9.17, 15) is 0 Å². The number of hydrogen-bond acceptors (Lipinski definition) is 1. The standard InChI is InChI=1S/C64H46N2Si/c1-5-19-47(20-6-1)48-33-37-50(38-34-48)65(51-39-41-52(42-40-51)66-62-31-17-15-29-60(62)61-30-16-18-32-63(61)66)64-46-45-57(58-27-13-14-28-59(58)64)49-35-43-56(44-36-49)67(53-21-7-2-8-22-53,54-23-9-3-10-24-54)55-25-11-4-12-26-55/h1-46H. The van der Waals surface area contributed by atoms with Gasteiger partial charge in [-0.1, -0.05) is 224 Å². The molecule has 1 aromatic heterocycles. The SMILES string of the molecule is c1ccc(-c2ccc(N(c3ccc(-n4c5ccccc5c5ccccc54)cc3)c3ccc(-c4ccc([Si](c5ccccc5)(c5ccccc5)c5ccccc5)cc4)c4ccccc34)cc2)cc1. The van der Waals surface area contributed by atoms with Crippen molar-refractivity contribution >= 4 is 78.5 Å².